The fourth-order valence-electron chi connectivity index (χ4n) is 2.67. The number of nitrogens with zero attached hydrogens (tertiary/aromatic N) is 1. The smallest absolute Gasteiger partial charge is 0.252 e. The molecule has 1 unspecified atom stereocenters. The van der Waals surface area contributed by atoms with Gasteiger partial charge in [0.1, 0.15) is 17.2 Å². The Morgan fingerprint density at radius 1 is 1.20 bits per heavy atom. The maximum Gasteiger partial charge on any atom is 0.252 e. The number of aliphatic hydroxyl groups is 1. The lowest BCUT2D eigenvalue weighted by molar-refractivity contribution is 0.0495. The molecule has 3 aromatic rings. The van der Waals surface area contributed by atoms with E-state index in [1.54, 1.807) is 36.5 Å². The maximum atomic E-state index is 13.9. The number of carbonyl (C=O) groups is 1. The lowest BCUT2D eigenvalue weighted by Crippen LogP contribution is -2.39. The summed E-state index contributed by atoms with van der Waals surface area (Å²) in [6, 6.07) is 11.6. The summed E-state index contributed by atoms with van der Waals surface area (Å²) in [5.74, 6) is -2.01. The van der Waals surface area contributed by atoms with Crippen LogP contribution < -0.4 is 5.32 Å². The van der Waals surface area contributed by atoms with Crippen LogP contribution >= 0.6 is 0 Å². The van der Waals surface area contributed by atoms with Crippen molar-refractivity contribution in [2.24, 2.45) is 0 Å². The molecular formula is C19H16F2N2O2. The molecule has 0 saturated heterocycles. The second-order valence-electron chi connectivity index (χ2n) is 5.96. The molecule has 1 atom stereocenters. The average Bonchev–Trinajstić information content (AvgIpc) is 2.59. The molecule has 0 radical (unpaired) electrons. The third-order valence-corrected chi connectivity index (χ3v) is 3.99. The van der Waals surface area contributed by atoms with Crippen LogP contribution in [0, 0.1) is 11.6 Å². The predicted octanol–water partition coefficient (Wildman–Crippen LogP) is 3.15. The van der Waals surface area contributed by atoms with Crippen LogP contribution in [0.15, 0.2) is 54.7 Å². The number of rotatable bonds is 4. The van der Waals surface area contributed by atoms with Crippen molar-refractivity contribution in [1.29, 1.82) is 0 Å². The zero-order valence-electron chi connectivity index (χ0n) is 13.5. The molecule has 0 aliphatic carbocycles. The molecule has 0 aliphatic heterocycles. The Balaban J connectivity index is 1.81. The van der Waals surface area contributed by atoms with Gasteiger partial charge in [0.15, 0.2) is 0 Å². The summed E-state index contributed by atoms with van der Waals surface area (Å²) in [6.45, 7) is 1.12. The lowest BCUT2D eigenvalue weighted by atomic mass is 9.95. The zero-order chi connectivity index (χ0) is 18.0. The van der Waals surface area contributed by atoms with Gasteiger partial charge >= 0.3 is 0 Å². The standard InChI is InChI=1S/C19H16F2N2O2/c1-19(25,15-8-7-12(20)10-16(15)21)11-23-18(24)14-4-2-6-17-13(14)5-3-9-22-17/h2-10,25H,11H2,1H3,(H,23,24). The molecule has 1 aromatic heterocycles. The Hall–Kier alpha value is -2.86. The third-order valence-electron chi connectivity index (χ3n) is 3.99. The third kappa shape index (κ3) is 3.49. The average molecular weight is 342 g/mol. The van der Waals surface area contributed by atoms with E-state index < -0.39 is 23.1 Å². The van der Waals surface area contributed by atoms with Crippen molar-refractivity contribution in [2.45, 2.75) is 12.5 Å². The van der Waals surface area contributed by atoms with E-state index in [1.807, 2.05) is 0 Å². The molecule has 0 saturated carbocycles. The maximum absolute atomic E-state index is 13.9. The summed E-state index contributed by atoms with van der Waals surface area (Å²) < 4.78 is 26.9. The molecule has 4 nitrogen and oxygen atoms in total. The van der Waals surface area contributed by atoms with Gasteiger partial charge in [-0.1, -0.05) is 18.2 Å². The van der Waals surface area contributed by atoms with Crippen LogP contribution in [0.5, 0.6) is 0 Å². The lowest BCUT2D eigenvalue weighted by Gasteiger charge is -2.25. The van der Waals surface area contributed by atoms with Gasteiger partial charge in [0, 0.05) is 28.8 Å². The molecule has 2 N–H and O–H groups in total. The van der Waals surface area contributed by atoms with Crippen LogP contribution in [0.3, 0.4) is 0 Å². The van der Waals surface area contributed by atoms with Crippen molar-refractivity contribution in [3.63, 3.8) is 0 Å². The van der Waals surface area contributed by atoms with Gasteiger partial charge < -0.3 is 10.4 Å². The molecule has 1 amide bonds. The first-order valence-corrected chi connectivity index (χ1v) is 7.68. The molecule has 128 valence electrons. The van der Waals surface area contributed by atoms with Crippen LogP contribution in [0.2, 0.25) is 0 Å². The number of hydrogen-bond acceptors (Lipinski definition) is 3. The minimum Gasteiger partial charge on any atom is -0.383 e. The number of pyridine rings is 1. The number of halogens is 2. The van der Waals surface area contributed by atoms with Crippen molar-refractivity contribution in [3.8, 4) is 0 Å². The largest absolute Gasteiger partial charge is 0.383 e. The Kier molecular flexibility index (Phi) is 4.46. The molecule has 3 rings (SSSR count). The van der Waals surface area contributed by atoms with E-state index in [0.717, 1.165) is 6.07 Å². The van der Waals surface area contributed by atoms with E-state index in [9.17, 15) is 18.7 Å². The summed E-state index contributed by atoms with van der Waals surface area (Å²) in [7, 11) is 0. The Morgan fingerprint density at radius 3 is 2.76 bits per heavy atom. The monoisotopic (exact) mass is 342 g/mol. The Bertz CT molecular complexity index is 936. The van der Waals surface area contributed by atoms with E-state index in [0.29, 0.717) is 22.5 Å². The summed E-state index contributed by atoms with van der Waals surface area (Å²) in [6.07, 6.45) is 1.63. The number of carbonyl (C=O) groups excluding carboxylic acids is 1. The fourth-order valence-corrected chi connectivity index (χ4v) is 2.67. The van der Waals surface area contributed by atoms with Crippen LogP contribution in [0.1, 0.15) is 22.8 Å². The van der Waals surface area contributed by atoms with Crippen LogP contribution in [-0.4, -0.2) is 22.5 Å². The number of fused-ring (bicyclic) bond motifs is 1. The number of benzene rings is 2. The summed E-state index contributed by atoms with van der Waals surface area (Å²) in [5, 5.41) is 13.7. The highest BCUT2D eigenvalue weighted by atomic mass is 19.1. The summed E-state index contributed by atoms with van der Waals surface area (Å²) in [5.41, 5.74) is -0.697. The van der Waals surface area contributed by atoms with Gasteiger partial charge in [-0.15, -0.1) is 0 Å². The van der Waals surface area contributed by atoms with Crippen molar-refractivity contribution < 1.29 is 18.7 Å². The molecule has 0 fully saturated rings. The van der Waals surface area contributed by atoms with Crippen LogP contribution in [-0.2, 0) is 5.60 Å². The van der Waals surface area contributed by atoms with Gasteiger partial charge in [0.25, 0.3) is 5.91 Å². The second kappa shape index (κ2) is 6.57. The summed E-state index contributed by atoms with van der Waals surface area (Å²) in [4.78, 5) is 16.7. The minimum absolute atomic E-state index is 0.0891. The molecule has 6 heteroatoms. The molecule has 25 heavy (non-hydrogen) atoms. The number of aromatic nitrogens is 1. The first-order chi connectivity index (χ1) is 11.9. The van der Waals surface area contributed by atoms with E-state index in [4.69, 9.17) is 0 Å². The van der Waals surface area contributed by atoms with E-state index in [2.05, 4.69) is 10.3 Å². The molecular weight excluding hydrogens is 326 g/mol. The van der Waals surface area contributed by atoms with Crippen molar-refractivity contribution in [3.05, 3.63) is 77.5 Å². The Labute approximate surface area is 143 Å². The second-order valence-corrected chi connectivity index (χ2v) is 5.96. The normalized spacial score (nSPS) is 13.4. The first kappa shape index (κ1) is 17.0. The van der Waals surface area contributed by atoms with E-state index >= 15 is 0 Å². The molecule has 1 heterocycles. The number of amides is 1. The molecule has 0 bridgehead atoms. The van der Waals surface area contributed by atoms with E-state index in [1.165, 1.54) is 13.0 Å². The van der Waals surface area contributed by atoms with Crippen LogP contribution in [0.25, 0.3) is 10.9 Å². The van der Waals surface area contributed by atoms with Gasteiger partial charge in [0.2, 0.25) is 0 Å². The van der Waals surface area contributed by atoms with Gasteiger partial charge in [-0.05, 0) is 31.2 Å². The molecule has 0 spiro atoms. The quantitative estimate of drug-likeness (QED) is 0.766. The molecule has 2 aromatic carbocycles. The molecule has 0 aliphatic rings. The van der Waals surface area contributed by atoms with Crippen molar-refractivity contribution in [1.82, 2.24) is 10.3 Å². The van der Waals surface area contributed by atoms with Gasteiger partial charge in [0.05, 0.1) is 12.1 Å². The van der Waals surface area contributed by atoms with Crippen molar-refractivity contribution in [2.75, 3.05) is 6.54 Å². The van der Waals surface area contributed by atoms with Crippen LogP contribution in [0.4, 0.5) is 8.78 Å². The number of hydrogen-bond donors (Lipinski definition) is 2. The van der Waals surface area contributed by atoms with Gasteiger partial charge in [-0.3, -0.25) is 9.78 Å². The van der Waals surface area contributed by atoms with Gasteiger partial charge in [-0.25, -0.2) is 8.78 Å². The highest BCUT2D eigenvalue weighted by Crippen LogP contribution is 2.24. The van der Waals surface area contributed by atoms with E-state index in [-0.39, 0.29) is 12.1 Å². The highest BCUT2D eigenvalue weighted by Gasteiger charge is 2.27. The Morgan fingerprint density at radius 2 is 2.00 bits per heavy atom. The zero-order valence-corrected chi connectivity index (χ0v) is 13.5. The van der Waals surface area contributed by atoms with Crippen molar-refractivity contribution >= 4 is 16.8 Å². The predicted molar refractivity (Wildman–Crippen MR) is 90.0 cm³/mol. The summed E-state index contributed by atoms with van der Waals surface area (Å²) >= 11 is 0. The highest BCUT2D eigenvalue weighted by molar-refractivity contribution is 6.06. The topological polar surface area (TPSA) is 62.2 Å². The first-order valence-electron chi connectivity index (χ1n) is 7.68. The fraction of sp³-hybridized carbons (Fsp3) is 0.158. The number of nitrogens with one attached hydrogen (secondary N) is 1. The SMILES string of the molecule is CC(O)(CNC(=O)c1cccc2ncccc12)c1ccc(F)cc1F. The van der Waals surface area contributed by atoms with Gasteiger partial charge in [-0.2, -0.15) is 0 Å². The minimum atomic E-state index is -1.68.